The van der Waals surface area contributed by atoms with E-state index in [9.17, 15) is 5.11 Å². The normalized spacial score (nSPS) is 12.3. The van der Waals surface area contributed by atoms with Crippen molar-refractivity contribution in [2.45, 2.75) is 65.5 Å². The summed E-state index contributed by atoms with van der Waals surface area (Å²) in [6.07, 6.45) is 6.37. The molecule has 0 bridgehead atoms. The second kappa shape index (κ2) is 9.65. The zero-order chi connectivity index (χ0) is 14.8. The molecule has 0 fully saturated rings. The Labute approximate surface area is 123 Å². The van der Waals surface area contributed by atoms with Gasteiger partial charge in [0.05, 0.1) is 6.61 Å². The molecular weight excluding hydrogens is 250 g/mol. The Morgan fingerprint density at radius 3 is 2.70 bits per heavy atom. The first-order valence-electron chi connectivity index (χ1n) is 7.86. The minimum Gasteiger partial charge on any atom is -0.504 e. The van der Waals surface area contributed by atoms with E-state index in [4.69, 9.17) is 4.74 Å². The Balaban J connectivity index is 2.39. The van der Waals surface area contributed by atoms with Gasteiger partial charge in [0.25, 0.3) is 0 Å². The number of nitrogens with one attached hydrogen (secondary N) is 1. The Morgan fingerprint density at radius 2 is 2.00 bits per heavy atom. The second-order valence-corrected chi connectivity index (χ2v) is 5.33. The average Bonchev–Trinajstić information content (AvgIpc) is 2.45. The van der Waals surface area contributed by atoms with Crippen molar-refractivity contribution in [1.82, 2.24) is 5.32 Å². The third kappa shape index (κ3) is 5.83. The van der Waals surface area contributed by atoms with Gasteiger partial charge in [0.1, 0.15) is 0 Å². The van der Waals surface area contributed by atoms with Crippen molar-refractivity contribution in [3.05, 3.63) is 23.8 Å². The summed E-state index contributed by atoms with van der Waals surface area (Å²) in [6, 6.07) is 6.14. The van der Waals surface area contributed by atoms with E-state index in [-0.39, 0.29) is 5.75 Å². The number of unbranched alkanes of at least 4 members (excludes halogenated alkanes) is 3. The predicted molar refractivity (Wildman–Crippen MR) is 84.3 cm³/mol. The first kappa shape index (κ1) is 16.8. The molecule has 0 aromatic heterocycles. The van der Waals surface area contributed by atoms with E-state index in [0.29, 0.717) is 24.9 Å². The lowest BCUT2D eigenvalue weighted by atomic mass is 10.1. The predicted octanol–water partition coefficient (Wildman–Crippen LogP) is 4.24. The number of aromatic hydroxyl groups is 1. The van der Waals surface area contributed by atoms with Crippen LogP contribution in [0, 0.1) is 0 Å². The molecule has 1 rings (SSSR count). The fourth-order valence-corrected chi connectivity index (χ4v) is 2.25. The molecule has 0 heterocycles. The largest absolute Gasteiger partial charge is 0.504 e. The molecule has 20 heavy (non-hydrogen) atoms. The molecule has 2 N–H and O–H groups in total. The summed E-state index contributed by atoms with van der Waals surface area (Å²) in [5, 5.41) is 13.6. The molecule has 0 radical (unpaired) electrons. The summed E-state index contributed by atoms with van der Waals surface area (Å²) in [6.45, 7) is 7.61. The van der Waals surface area contributed by atoms with Gasteiger partial charge in [-0.1, -0.05) is 44.7 Å². The van der Waals surface area contributed by atoms with Crippen LogP contribution in [0.5, 0.6) is 11.5 Å². The molecular formula is C17H29NO2. The van der Waals surface area contributed by atoms with Crippen LogP contribution in [0.1, 0.15) is 58.4 Å². The third-order valence-corrected chi connectivity index (χ3v) is 3.51. The Kier molecular flexibility index (Phi) is 8.12. The molecule has 0 saturated carbocycles. The second-order valence-electron chi connectivity index (χ2n) is 5.33. The number of phenols is 1. The van der Waals surface area contributed by atoms with Crippen molar-refractivity contribution >= 4 is 0 Å². The van der Waals surface area contributed by atoms with Gasteiger partial charge in [-0.3, -0.25) is 0 Å². The van der Waals surface area contributed by atoms with Gasteiger partial charge in [-0.05, 0) is 26.3 Å². The van der Waals surface area contributed by atoms with Gasteiger partial charge >= 0.3 is 0 Å². The zero-order valence-electron chi connectivity index (χ0n) is 13.1. The van der Waals surface area contributed by atoms with E-state index < -0.39 is 0 Å². The van der Waals surface area contributed by atoms with Crippen LogP contribution in [-0.4, -0.2) is 17.8 Å². The molecule has 0 aliphatic heterocycles. The average molecular weight is 279 g/mol. The van der Waals surface area contributed by atoms with Crippen LogP contribution >= 0.6 is 0 Å². The minimum atomic E-state index is 0.264. The molecule has 1 unspecified atom stereocenters. The van der Waals surface area contributed by atoms with Crippen LogP contribution in [-0.2, 0) is 6.54 Å². The topological polar surface area (TPSA) is 41.5 Å². The summed E-state index contributed by atoms with van der Waals surface area (Å²) >= 11 is 0. The summed E-state index contributed by atoms with van der Waals surface area (Å²) < 4.78 is 5.40. The quantitative estimate of drug-likeness (QED) is 0.629. The molecule has 0 spiro atoms. The van der Waals surface area contributed by atoms with Crippen molar-refractivity contribution in [2.24, 2.45) is 0 Å². The molecule has 3 heteroatoms. The molecule has 3 nitrogen and oxygen atoms in total. The van der Waals surface area contributed by atoms with Gasteiger partial charge in [-0.2, -0.15) is 0 Å². The molecule has 1 aromatic carbocycles. The molecule has 0 aliphatic carbocycles. The number of para-hydroxylation sites is 1. The smallest absolute Gasteiger partial charge is 0.162 e. The maximum atomic E-state index is 10.1. The number of phenolic OH excluding ortho intramolecular Hbond substituents is 1. The van der Waals surface area contributed by atoms with Gasteiger partial charge in [-0.15, -0.1) is 0 Å². The van der Waals surface area contributed by atoms with Crippen LogP contribution in [0.4, 0.5) is 0 Å². The lowest BCUT2D eigenvalue weighted by Crippen LogP contribution is -2.25. The molecule has 0 amide bonds. The lowest BCUT2D eigenvalue weighted by Gasteiger charge is -2.15. The van der Waals surface area contributed by atoms with Gasteiger partial charge < -0.3 is 15.2 Å². The monoisotopic (exact) mass is 279 g/mol. The van der Waals surface area contributed by atoms with Crippen molar-refractivity contribution in [3.8, 4) is 11.5 Å². The van der Waals surface area contributed by atoms with E-state index >= 15 is 0 Å². The molecule has 0 aliphatic rings. The van der Waals surface area contributed by atoms with Crippen LogP contribution in [0.25, 0.3) is 0 Å². The zero-order valence-corrected chi connectivity index (χ0v) is 13.1. The molecule has 1 aromatic rings. The van der Waals surface area contributed by atoms with Gasteiger partial charge in [-0.25, -0.2) is 0 Å². The maximum Gasteiger partial charge on any atom is 0.162 e. The fourth-order valence-electron chi connectivity index (χ4n) is 2.25. The highest BCUT2D eigenvalue weighted by Gasteiger charge is 2.09. The highest BCUT2D eigenvalue weighted by molar-refractivity contribution is 5.45. The van der Waals surface area contributed by atoms with E-state index in [1.807, 2.05) is 19.1 Å². The van der Waals surface area contributed by atoms with Crippen LogP contribution in [0.15, 0.2) is 18.2 Å². The number of benzene rings is 1. The van der Waals surface area contributed by atoms with Gasteiger partial charge in [0.2, 0.25) is 0 Å². The summed E-state index contributed by atoms with van der Waals surface area (Å²) in [7, 11) is 0. The Hall–Kier alpha value is -1.22. The minimum absolute atomic E-state index is 0.264. The number of ether oxygens (including phenoxy) is 1. The van der Waals surface area contributed by atoms with E-state index in [1.54, 1.807) is 6.07 Å². The van der Waals surface area contributed by atoms with Crippen molar-refractivity contribution < 1.29 is 9.84 Å². The van der Waals surface area contributed by atoms with Crippen molar-refractivity contribution in [3.63, 3.8) is 0 Å². The molecule has 114 valence electrons. The SMILES string of the molecule is CCCCCCC(C)NCc1cccc(OCC)c1O. The van der Waals surface area contributed by atoms with Crippen LogP contribution in [0.2, 0.25) is 0 Å². The van der Waals surface area contributed by atoms with Crippen LogP contribution < -0.4 is 10.1 Å². The fraction of sp³-hybridized carbons (Fsp3) is 0.647. The number of rotatable bonds is 10. The number of hydrogen-bond donors (Lipinski definition) is 2. The molecule has 1 atom stereocenters. The standard InChI is InChI=1S/C17H29NO2/c1-4-6-7-8-10-14(3)18-13-15-11-9-12-16(17(15)19)20-5-2/h9,11-12,14,18-19H,4-8,10,13H2,1-3H3. The van der Waals surface area contributed by atoms with Gasteiger partial charge in [0.15, 0.2) is 11.5 Å². The lowest BCUT2D eigenvalue weighted by molar-refractivity contribution is 0.316. The Bertz CT molecular complexity index is 379. The maximum absolute atomic E-state index is 10.1. The summed E-state index contributed by atoms with van der Waals surface area (Å²) in [5.74, 6) is 0.836. The van der Waals surface area contributed by atoms with Crippen molar-refractivity contribution in [1.29, 1.82) is 0 Å². The van der Waals surface area contributed by atoms with Crippen LogP contribution in [0.3, 0.4) is 0 Å². The summed E-state index contributed by atoms with van der Waals surface area (Å²) in [4.78, 5) is 0. The highest BCUT2D eigenvalue weighted by Crippen LogP contribution is 2.29. The van der Waals surface area contributed by atoms with E-state index in [2.05, 4.69) is 19.2 Å². The number of hydrogen-bond acceptors (Lipinski definition) is 3. The third-order valence-electron chi connectivity index (χ3n) is 3.51. The van der Waals surface area contributed by atoms with Gasteiger partial charge in [0, 0.05) is 18.2 Å². The first-order valence-corrected chi connectivity index (χ1v) is 7.86. The van der Waals surface area contributed by atoms with E-state index in [1.165, 1.54) is 32.1 Å². The van der Waals surface area contributed by atoms with E-state index in [0.717, 1.165) is 5.56 Å². The first-order chi connectivity index (χ1) is 9.69. The highest BCUT2D eigenvalue weighted by atomic mass is 16.5. The summed E-state index contributed by atoms with van der Waals surface area (Å²) in [5.41, 5.74) is 0.899. The van der Waals surface area contributed by atoms with Crippen molar-refractivity contribution in [2.75, 3.05) is 6.61 Å². The molecule has 0 saturated heterocycles. The Morgan fingerprint density at radius 1 is 1.20 bits per heavy atom.